The molecule has 0 bridgehead atoms. The first-order valence-electron chi connectivity index (χ1n) is 5.09. The molecule has 0 aliphatic heterocycles. The molecular weight excluding hydrogens is 217 g/mol. The second kappa shape index (κ2) is 5.32. The van der Waals surface area contributed by atoms with Gasteiger partial charge in [0.25, 0.3) is 0 Å². The average Bonchev–Trinajstić information content (AvgIpc) is 2.25. The molecule has 90 valence electrons. The van der Waals surface area contributed by atoms with E-state index >= 15 is 0 Å². The normalized spacial score (nSPS) is 13.8. The number of rotatable bonds is 4. The number of nitrogens with one attached hydrogen (secondary N) is 1. The Balaban J connectivity index is 2.85. The third-order valence-electron chi connectivity index (χ3n) is 2.33. The summed E-state index contributed by atoms with van der Waals surface area (Å²) in [6.45, 7) is 3.01. The first kappa shape index (κ1) is 13.0. The minimum Gasteiger partial charge on any atom is -0.329 e. The van der Waals surface area contributed by atoms with Crippen LogP contribution in [-0.4, -0.2) is 13.1 Å². The van der Waals surface area contributed by atoms with Crippen molar-refractivity contribution in [3.8, 4) is 0 Å². The monoisotopic (exact) mass is 232 g/mol. The van der Waals surface area contributed by atoms with E-state index in [1.54, 1.807) is 0 Å². The van der Waals surface area contributed by atoms with Crippen molar-refractivity contribution in [1.82, 2.24) is 5.32 Å². The molecule has 0 spiro atoms. The van der Waals surface area contributed by atoms with E-state index < -0.39 is 11.7 Å². The molecule has 1 rings (SSSR count). The Labute approximate surface area is 92.6 Å². The van der Waals surface area contributed by atoms with Gasteiger partial charge in [0.1, 0.15) is 0 Å². The topological polar surface area (TPSA) is 38.0 Å². The van der Waals surface area contributed by atoms with Gasteiger partial charge in [-0.1, -0.05) is 19.1 Å². The third-order valence-corrected chi connectivity index (χ3v) is 2.33. The maximum absolute atomic E-state index is 12.3. The lowest BCUT2D eigenvalue weighted by Gasteiger charge is -2.16. The molecule has 0 radical (unpaired) electrons. The molecule has 16 heavy (non-hydrogen) atoms. The summed E-state index contributed by atoms with van der Waals surface area (Å²) in [5, 5.41) is 3.10. The van der Waals surface area contributed by atoms with Crippen molar-refractivity contribution in [3.63, 3.8) is 0 Å². The summed E-state index contributed by atoms with van der Waals surface area (Å²) in [4.78, 5) is 0. The fourth-order valence-electron chi connectivity index (χ4n) is 1.49. The fourth-order valence-corrected chi connectivity index (χ4v) is 1.49. The van der Waals surface area contributed by atoms with Crippen LogP contribution in [0.4, 0.5) is 13.2 Å². The van der Waals surface area contributed by atoms with E-state index in [1.165, 1.54) is 12.1 Å². The van der Waals surface area contributed by atoms with Gasteiger partial charge in [-0.25, -0.2) is 0 Å². The fraction of sp³-hybridized carbons (Fsp3) is 0.455. The zero-order valence-electron chi connectivity index (χ0n) is 9.01. The number of nitrogens with two attached hydrogens (primary N) is 1. The van der Waals surface area contributed by atoms with Crippen LogP contribution in [0.3, 0.4) is 0 Å². The van der Waals surface area contributed by atoms with Crippen molar-refractivity contribution in [2.75, 3.05) is 13.1 Å². The molecule has 0 aromatic heterocycles. The molecule has 1 unspecified atom stereocenters. The van der Waals surface area contributed by atoms with E-state index in [2.05, 4.69) is 5.32 Å². The molecule has 2 nitrogen and oxygen atoms in total. The number of hydrogen-bond acceptors (Lipinski definition) is 2. The molecule has 0 aliphatic carbocycles. The molecule has 0 amide bonds. The van der Waals surface area contributed by atoms with Crippen molar-refractivity contribution >= 4 is 0 Å². The van der Waals surface area contributed by atoms with Gasteiger partial charge in [-0.05, 0) is 24.2 Å². The molecule has 0 saturated heterocycles. The number of halogens is 3. The molecule has 1 aromatic carbocycles. The predicted molar refractivity (Wildman–Crippen MR) is 56.9 cm³/mol. The highest BCUT2D eigenvalue weighted by Crippen LogP contribution is 2.29. The summed E-state index contributed by atoms with van der Waals surface area (Å²) in [6.07, 6.45) is -4.28. The van der Waals surface area contributed by atoms with Crippen molar-refractivity contribution in [2.45, 2.75) is 19.1 Å². The standard InChI is InChI=1S/C11H15F3N2/c1-2-16-10(7-15)8-3-5-9(6-4-8)11(12,13)14/h3-6,10,16H,2,7,15H2,1H3. The van der Waals surface area contributed by atoms with E-state index in [1.807, 2.05) is 6.92 Å². The number of alkyl halides is 3. The highest BCUT2D eigenvalue weighted by molar-refractivity contribution is 5.27. The van der Waals surface area contributed by atoms with Gasteiger partial charge >= 0.3 is 6.18 Å². The van der Waals surface area contributed by atoms with Crippen LogP contribution >= 0.6 is 0 Å². The molecule has 1 atom stereocenters. The summed E-state index contributed by atoms with van der Waals surface area (Å²) in [5.74, 6) is 0. The Morgan fingerprint density at radius 1 is 1.25 bits per heavy atom. The van der Waals surface area contributed by atoms with Gasteiger partial charge in [-0.3, -0.25) is 0 Å². The van der Waals surface area contributed by atoms with Crippen LogP contribution in [0.5, 0.6) is 0 Å². The summed E-state index contributed by atoms with van der Waals surface area (Å²) in [6, 6.07) is 4.99. The Morgan fingerprint density at radius 2 is 1.81 bits per heavy atom. The van der Waals surface area contributed by atoms with Crippen molar-refractivity contribution < 1.29 is 13.2 Å². The van der Waals surface area contributed by atoms with Gasteiger partial charge in [-0.2, -0.15) is 13.2 Å². The van der Waals surface area contributed by atoms with Crippen LogP contribution in [0.2, 0.25) is 0 Å². The minimum atomic E-state index is -4.28. The molecule has 1 aromatic rings. The molecular formula is C11H15F3N2. The van der Waals surface area contributed by atoms with Crippen LogP contribution in [0.15, 0.2) is 24.3 Å². The van der Waals surface area contributed by atoms with Gasteiger partial charge in [-0.15, -0.1) is 0 Å². The number of hydrogen-bond donors (Lipinski definition) is 2. The predicted octanol–water partition coefficient (Wildman–Crippen LogP) is 2.31. The van der Waals surface area contributed by atoms with E-state index in [0.717, 1.165) is 24.2 Å². The molecule has 3 N–H and O–H groups in total. The SMILES string of the molecule is CCNC(CN)c1ccc(C(F)(F)F)cc1. The maximum atomic E-state index is 12.3. The van der Waals surface area contributed by atoms with Gasteiger partial charge in [0.05, 0.1) is 5.56 Å². The molecule has 0 saturated carbocycles. The quantitative estimate of drug-likeness (QED) is 0.836. The lowest BCUT2D eigenvalue weighted by atomic mass is 10.0. The zero-order valence-corrected chi connectivity index (χ0v) is 9.01. The van der Waals surface area contributed by atoms with Gasteiger partial charge in [0, 0.05) is 12.6 Å². The van der Waals surface area contributed by atoms with Crippen LogP contribution < -0.4 is 11.1 Å². The van der Waals surface area contributed by atoms with Crippen LogP contribution in [0.25, 0.3) is 0 Å². The third kappa shape index (κ3) is 3.21. The van der Waals surface area contributed by atoms with Gasteiger partial charge < -0.3 is 11.1 Å². The van der Waals surface area contributed by atoms with E-state index in [4.69, 9.17) is 5.73 Å². The highest BCUT2D eigenvalue weighted by atomic mass is 19.4. The summed E-state index contributed by atoms with van der Waals surface area (Å²) in [5.41, 5.74) is 5.67. The first-order chi connectivity index (χ1) is 7.49. The van der Waals surface area contributed by atoms with E-state index in [9.17, 15) is 13.2 Å². The molecule has 0 heterocycles. The lowest BCUT2D eigenvalue weighted by Crippen LogP contribution is -2.27. The Kier molecular flexibility index (Phi) is 4.32. The smallest absolute Gasteiger partial charge is 0.329 e. The molecule has 0 fully saturated rings. The summed E-state index contributed by atoms with van der Waals surface area (Å²) in [7, 11) is 0. The molecule has 0 aliphatic rings. The van der Waals surface area contributed by atoms with Crippen LogP contribution in [-0.2, 0) is 6.18 Å². The summed E-state index contributed by atoms with van der Waals surface area (Å²) >= 11 is 0. The maximum Gasteiger partial charge on any atom is 0.416 e. The highest BCUT2D eigenvalue weighted by Gasteiger charge is 2.30. The largest absolute Gasteiger partial charge is 0.416 e. The lowest BCUT2D eigenvalue weighted by molar-refractivity contribution is -0.137. The van der Waals surface area contributed by atoms with Crippen LogP contribution in [0.1, 0.15) is 24.1 Å². The Morgan fingerprint density at radius 3 is 2.19 bits per heavy atom. The minimum absolute atomic E-state index is 0.0905. The average molecular weight is 232 g/mol. The number of benzene rings is 1. The van der Waals surface area contributed by atoms with Crippen LogP contribution in [0, 0.1) is 0 Å². The Hall–Kier alpha value is -1.07. The second-order valence-corrected chi connectivity index (χ2v) is 3.47. The van der Waals surface area contributed by atoms with E-state index in [-0.39, 0.29) is 6.04 Å². The molecule has 5 heteroatoms. The second-order valence-electron chi connectivity index (χ2n) is 3.47. The van der Waals surface area contributed by atoms with E-state index in [0.29, 0.717) is 6.54 Å². The Bertz CT molecular complexity index is 319. The van der Waals surface area contributed by atoms with Crippen molar-refractivity contribution in [3.05, 3.63) is 35.4 Å². The van der Waals surface area contributed by atoms with Gasteiger partial charge in [0.15, 0.2) is 0 Å². The van der Waals surface area contributed by atoms with Crippen molar-refractivity contribution in [1.29, 1.82) is 0 Å². The first-order valence-corrected chi connectivity index (χ1v) is 5.09. The summed E-state index contributed by atoms with van der Waals surface area (Å²) < 4.78 is 36.9. The zero-order chi connectivity index (χ0) is 12.2. The van der Waals surface area contributed by atoms with Crippen molar-refractivity contribution in [2.24, 2.45) is 5.73 Å². The number of likely N-dealkylation sites (N-methyl/N-ethyl adjacent to an activating group) is 1. The van der Waals surface area contributed by atoms with Gasteiger partial charge in [0.2, 0.25) is 0 Å².